The van der Waals surface area contributed by atoms with Gasteiger partial charge in [-0.15, -0.1) is 0 Å². The van der Waals surface area contributed by atoms with E-state index in [0.717, 1.165) is 6.54 Å². The summed E-state index contributed by atoms with van der Waals surface area (Å²) in [5.74, 6) is 0. The molecule has 1 aliphatic heterocycles. The van der Waals surface area contributed by atoms with Crippen LogP contribution in [0, 0.1) is 0 Å². The van der Waals surface area contributed by atoms with E-state index in [9.17, 15) is 0 Å². The highest BCUT2D eigenvalue weighted by Gasteiger charge is 2.23. The maximum Gasteiger partial charge on any atom is 0.0554 e. The SMILES string of the molecule is CCN1c2ccc(N(C)C)cc2Sc2cc(N(C)C)ccc21. The minimum atomic E-state index is 0.975. The summed E-state index contributed by atoms with van der Waals surface area (Å²) < 4.78 is 0. The van der Waals surface area contributed by atoms with E-state index in [1.807, 2.05) is 11.8 Å². The number of rotatable bonds is 3. The molecule has 0 radical (unpaired) electrons. The van der Waals surface area contributed by atoms with E-state index in [2.05, 4.69) is 86.2 Å². The van der Waals surface area contributed by atoms with Gasteiger partial charge in [0.05, 0.1) is 11.4 Å². The molecule has 4 heteroatoms. The van der Waals surface area contributed by atoms with Crippen LogP contribution in [-0.2, 0) is 0 Å². The third kappa shape index (κ3) is 2.52. The molecule has 0 spiro atoms. The molecule has 0 saturated heterocycles. The second-order valence-electron chi connectivity index (χ2n) is 5.94. The predicted octanol–water partition coefficient (Wildman–Crippen LogP) is 4.44. The van der Waals surface area contributed by atoms with Crippen molar-refractivity contribution in [2.75, 3.05) is 49.4 Å². The van der Waals surface area contributed by atoms with Gasteiger partial charge in [-0.1, -0.05) is 11.8 Å². The minimum Gasteiger partial charge on any atom is -0.378 e. The Balaban J connectivity index is 2.09. The first-order valence-corrected chi connectivity index (χ1v) is 8.41. The maximum atomic E-state index is 2.40. The van der Waals surface area contributed by atoms with Crippen molar-refractivity contribution in [3.8, 4) is 0 Å². The van der Waals surface area contributed by atoms with Gasteiger partial charge >= 0.3 is 0 Å². The zero-order valence-corrected chi connectivity index (χ0v) is 14.7. The Morgan fingerprint density at radius 3 is 1.64 bits per heavy atom. The highest BCUT2D eigenvalue weighted by molar-refractivity contribution is 7.99. The summed E-state index contributed by atoms with van der Waals surface area (Å²) in [4.78, 5) is 9.37. The molecule has 0 aromatic heterocycles. The van der Waals surface area contributed by atoms with E-state index < -0.39 is 0 Å². The third-order valence-corrected chi connectivity index (χ3v) is 5.13. The number of hydrogen-bond donors (Lipinski definition) is 0. The lowest BCUT2D eigenvalue weighted by Crippen LogP contribution is -2.21. The van der Waals surface area contributed by atoms with E-state index in [0.29, 0.717) is 0 Å². The molecular formula is C18H23N3S. The molecule has 2 aromatic carbocycles. The second kappa shape index (κ2) is 5.76. The van der Waals surface area contributed by atoms with Crippen LogP contribution in [-0.4, -0.2) is 34.7 Å². The van der Waals surface area contributed by atoms with Crippen LogP contribution in [0.15, 0.2) is 46.2 Å². The number of hydrogen-bond acceptors (Lipinski definition) is 4. The van der Waals surface area contributed by atoms with Gasteiger partial charge in [0.1, 0.15) is 0 Å². The fourth-order valence-electron chi connectivity index (χ4n) is 2.76. The molecule has 0 amide bonds. The van der Waals surface area contributed by atoms with E-state index in [1.165, 1.54) is 32.5 Å². The van der Waals surface area contributed by atoms with Gasteiger partial charge in [0.15, 0.2) is 0 Å². The van der Waals surface area contributed by atoms with Gasteiger partial charge in [0.2, 0.25) is 0 Å². The zero-order valence-electron chi connectivity index (χ0n) is 13.9. The van der Waals surface area contributed by atoms with Gasteiger partial charge < -0.3 is 14.7 Å². The van der Waals surface area contributed by atoms with Crippen molar-refractivity contribution < 1.29 is 0 Å². The van der Waals surface area contributed by atoms with Crippen molar-refractivity contribution in [3.05, 3.63) is 36.4 Å². The van der Waals surface area contributed by atoms with Crippen molar-refractivity contribution in [1.29, 1.82) is 0 Å². The van der Waals surface area contributed by atoms with Crippen LogP contribution in [0.4, 0.5) is 22.7 Å². The van der Waals surface area contributed by atoms with Crippen molar-refractivity contribution in [1.82, 2.24) is 0 Å². The number of fused-ring (bicyclic) bond motifs is 2. The standard InChI is InChI=1S/C18H23N3S/c1-6-21-15-9-7-13(19(2)3)11-17(15)22-18-12-14(20(4)5)8-10-16(18)21/h7-12H,6H2,1-5H3. The van der Waals surface area contributed by atoms with E-state index in [4.69, 9.17) is 0 Å². The Hall–Kier alpha value is -1.81. The quantitative estimate of drug-likeness (QED) is 0.828. The molecule has 0 saturated carbocycles. The Morgan fingerprint density at radius 2 is 1.27 bits per heavy atom. The molecule has 2 aromatic rings. The zero-order chi connectivity index (χ0) is 15.9. The lowest BCUT2D eigenvalue weighted by Gasteiger charge is -2.33. The monoisotopic (exact) mass is 313 g/mol. The molecule has 1 aliphatic rings. The summed E-state index contributed by atoms with van der Waals surface area (Å²) in [7, 11) is 8.35. The summed E-state index contributed by atoms with van der Waals surface area (Å²) in [5, 5.41) is 0. The highest BCUT2D eigenvalue weighted by Crippen LogP contribution is 2.49. The van der Waals surface area contributed by atoms with Crippen molar-refractivity contribution in [2.45, 2.75) is 16.7 Å². The largest absolute Gasteiger partial charge is 0.378 e. The number of nitrogens with zero attached hydrogens (tertiary/aromatic N) is 3. The van der Waals surface area contributed by atoms with Crippen LogP contribution in [0.25, 0.3) is 0 Å². The topological polar surface area (TPSA) is 9.72 Å². The fourth-order valence-corrected chi connectivity index (χ4v) is 3.92. The number of benzene rings is 2. The molecule has 1 heterocycles. The molecule has 3 nitrogen and oxygen atoms in total. The maximum absolute atomic E-state index is 2.40. The average Bonchev–Trinajstić information content (AvgIpc) is 2.51. The van der Waals surface area contributed by atoms with Gasteiger partial charge in [-0.25, -0.2) is 0 Å². The van der Waals surface area contributed by atoms with Crippen LogP contribution in [0.1, 0.15) is 6.92 Å². The summed E-state index contributed by atoms with van der Waals surface area (Å²) in [6.45, 7) is 3.19. The molecule has 0 atom stereocenters. The first kappa shape index (κ1) is 15.1. The minimum absolute atomic E-state index is 0.975. The summed E-state index contributed by atoms with van der Waals surface area (Å²) in [6, 6.07) is 13.4. The van der Waals surface area contributed by atoms with Crippen molar-refractivity contribution >= 4 is 34.5 Å². The average molecular weight is 313 g/mol. The van der Waals surface area contributed by atoms with Crippen molar-refractivity contribution in [2.24, 2.45) is 0 Å². The number of anilines is 4. The van der Waals surface area contributed by atoms with Crippen LogP contribution >= 0.6 is 11.8 Å². The Labute approximate surface area is 137 Å². The Morgan fingerprint density at radius 1 is 0.818 bits per heavy atom. The van der Waals surface area contributed by atoms with E-state index >= 15 is 0 Å². The molecule has 3 rings (SSSR count). The van der Waals surface area contributed by atoms with Crippen LogP contribution in [0.5, 0.6) is 0 Å². The predicted molar refractivity (Wildman–Crippen MR) is 98.3 cm³/mol. The fraction of sp³-hybridized carbons (Fsp3) is 0.333. The second-order valence-corrected chi connectivity index (χ2v) is 7.02. The Kier molecular flexibility index (Phi) is 3.96. The molecule has 22 heavy (non-hydrogen) atoms. The van der Waals surface area contributed by atoms with E-state index in [-0.39, 0.29) is 0 Å². The molecule has 116 valence electrons. The first-order chi connectivity index (χ1) is 10.5. The Bertz CT molecular complexity index is 637. The summed E-state index contributed by atoms with van der Waals surface area (Å²) in [5.41, 5.74) is 5.11. The molecule has 0 unspecified atom stereocenters. The lowest BCUT2D eigenvalue weighted by molar-refractivity contribution is 0.974. The normalized spacial score (nSPS) is 12.7. The smallest absolute Gasteiger partial charge is 0.0554 e. The molecule has 0 aliphatic carbocycles. The molecular weight excluding hydrogens is 290 g/mol. The van der Waals surface area contributed by atoms with Crippen LogP contribution in [0.2, 0.25) is 0 Å². The lowest BCUT2D eigenvalue weighted by atomic mass is 10.2. The van der Waals surface area contributed by atoms with Gasteiger partial charge in [-0.3, -0.25) is 0 Å². The van der Waals surface area contributed by atoms with Gasteiger partial charge in [0.25, 0.3) is 0 Å². The summed E-state index contributed by atoms with van der Waals surface area (Å²) in [6.07, 6.45) is 0. The molecule has 0 N–H and O–H groups in total. The first-order valence-electron chi connectivity index (χ1n) is 7.59. The van der Waals surface area contributed by atoms with Crippen LogP contribution in [0.3, 0.4) is 0 Å². The highest BCUT2D eigenvalue weighted by atomic mass is 32.2. The van der Waals surface area contributed by atoms with Crippen molar-refractivity contribution in [3.63, 3.8) is 0 Å². The van der Waals surface area contributed by atoms with Gasteiger partial charge in [0, 0.05) is 55.9 Å². The van der Waals surface area contributed by atoms with Crippen LogP contribution < -0.4 is 14.7 Å². The van der Waals surface area contributed by atoms with E-state index in [1.54, 1.807) is 0 Å². The molecule has 0 bridgehead atoms. The van der Waals surface area contributed by atoms with Gasteiger partial charge in [-0.05, 0) is 43.3 Å². The third-order valence-electron chi connectivity index (χ3n) is 4.04. The summed E-state index contributed by atoms with van der Waals surface area (Å²) >= 11 is 1.87. The molecule has 0 fully saturated rings. The van der Waals surface area contributed by atoms with Gasteiger partial charge in [-0.2, -0.15) is 0 Å².